The Labute approximate surface area is 101 Å². The highest BCUT2D eigenvalue weighted by Gasteiger charge is 2.16. The third-order valence-corrected chi connectivity index (χ3v) is 2.90. The fraction of sp³-hybridized carbons (Fsp3) is 0.200. The summed E-state index contributed by atoms with van der Waals surface area (Å²) in [5, 5.41) is 9.60. The van der Waals surface area contributed by atoms with Crippen LogP contribution in [0.25, 0.3) is 0 Å². The van der Waals surface area contributed by atoms with Crippen molar-refractivity contribution in [2.24, 2.45) is 0 Å². The van der Waals surface area contributed by atoms with Crippen LogP contribution in [-0.4, -0.2) is 18.8 Å². The minimum Gasteiger partial charge on any atom is -0.496 e. The molecule has 0 amide bonds. The van der Waals surface area contributed by atoms with Crippen molar-refractivity contribution in [2.75, 3.05) is 13.7 Å². The van der Waals surface area contributed by atoms with Crippen LogP contribution in [0.15, 0.2) is 54.6 Å². The lowest BCUT2D eigenvalue weighted by Crippen LogP contribution is -2.07. The Morgan fingerprint density at radius 2 is 1.65 bits per heavy atom. The largest absolute Gasteiger partial charge is 0.496 e. The molecule has 0 bridgehead atoms. The number of hydrogen-bond donors (Lipinski definition) is 1. The number of para-hydroxylation sites is 1. The van der Waals surface area contributed by atoms with Crippen LogP contribution < -0.4 is 4.74 Å². The number of aliphatic hydroxyl groups is 1. The fourth-order valence-corrected chi connectivity index (χ4v) is 2.02. The van der Waals surface area contributed by atoms with E-state index < -0.39 is 0 Å². The number of hydrogen-bond acceptors (Lipinski definition) is 2. The first-order valence-electron chi connectivity index (χ1n) is 5.65. The van der Waals surface area contributed by atoms with Crippen LogP contribution in [0.2, 0.25) is 0 Å². The van der Waals surface area contributed by atoms with Crippen LogP contribution in [0, 0.1) is 0 Å². The molecule has 1 N–H and O–H groups in total. The van der Waals surface area contributed by atoms with Gasteiger partial charge >= 0.3 is 0 Å². The molecule has 0 aromatic heterocycles. The van der Waals surface area contributed by atoms with E-state index in [1.807, 2.05) is 54.6 Å². The molecule has 2 rings (SSSR count). The average Bonchev–Trinajstić information content (AvgIpc) is 2.41. The summed E-state index contributed by atoms with van der Waals surface area (Å²) in [6.07, 6.45) is 0. The molecule has 2 heteroatoms. The molecule has 0 saturated carbocycles. The quantitative estimate of drug-likeness (QED) is 0.872. The van der Waals surface area contributed by atoms with Crippen molar-refractivity contribution >= 4 is 0 Å². The normalized spacial score (nSPS) is 12.1. The van der Waals surface area contributed by atoms with Gasteiger partial charge in [0.1, 0.15) is 5.75 Å². The molecule has 2 nitrogen and oxygen atoms in total. The Balaban J connectivity index is 2.42. The van der Waals surface area contributed by atoms with Crippen molar-refractivity contribution in [3.8, 4) is 5.75 Å². The van der Waals surface area contributed by atoms with Gasteiger partial charge in [-0.1, -0.05) is 48.5 Å². The maximum absolute atomic E-state index is 9.60. The molecule has 0 aliphatic rings. The number of benzene rings is 2. The molecule has 0 radical (unpaired) electrons. The summed E-state index contributed by atoms with van der Waals surface area (Å²) in [6.45, 7) is 0.0738. The predicted octanol–water partition coefficient (Wildman–Crippen LogP) is 2.82. The summed E-state index contributed by atoms with van der Waals surface area (Å²) >= 11 is 0. The van der Waals surface area contributed by atoms with Crippen molar-refractivity contribution in [3.63, 3.8) is 0 Å². The third kappa shape index (κ3) is 2.48. The summed E-state index contributed by atoms with van der Waals surface area (Å²) in [7, 11) is 1.65. The highest BCUT2D eigenvalue weighted by Crippen LogP contribution is 2.31. The second-order valence-corrected chi connectivity index (χ2v) is 3.89. The van der Waals surface area contributed by atoms with Gasteiger partial charge in [-0.25, -0.2) is 0 Å². The van der Waals surface area contributed by atoms with Gasteiger partial charge < -0.3 is 9.84 Å². The topological polar surface area (TPSA) is 29.5 Å². The molecule has 1 unspecified atom stereocenters. The van der Waals surface area contributed by atoms with Crippen LogP contribution in [0.5, 0.6) is 5.75 Å². The Bertz CT molecular complexity index is 465. The molecule has 2 aromatic rings. The SMILES string of the molecule is COc1ccccc1C(CO)c1ccccc1. The highest BCUT2D eigenvalue weighted by atomic mass is 16.5. The number of ether oxygens (including phenoxy) is 1. The first-order valence-corrected chi connectivity index (χ1v) is 5.65. The minimum atomic E-state index is -0.0349. The minimum absolute atomic E-state index is 0.0349. The fourth-order valence-electron chi connectivity index (χ4n) is 2.02. The second-order valence-electron chi connectivity index (χ2n) is 3.89. The van der Waals surface area contributed by atoms with Crippen molar-refractivity contribution in [1.82, 2.24) is 0 Å². The van der Waals surface area contributed by atoms with E-state index in [0.29, 0.717) is 0 Å². The first kappa shape index (κ1) is 11.7. The van der Waals surface area contributed by atoms with Gasteiger partial charge in [-0.2, -0.15) is 0 Å². The molecule has 0 fully saturated rings. The summed E-state index contributed by atoms with van der Waals surface area (Å²) < 4.78 is 5.34. The van der Waals surface area contributed by atoms with Crippen LogP contribution in [0.3, 0.4) is 0 Å². The lowest BCUT2D eigenvalue weighted by atomic mass is 9.91. The van der Waals surface area contributed by atoms with E-state index in [9.17, 15) is 5.11 Å². The Hall–Kier alpha value is -1.80. The smallest absolute Gasteiger partial charge is 0.122 e. The summed E-state index contributed by atoms with van der Waals surface area (Å²) in [5.41, 5.74) is 2.11. The Morgan fingerprint density at radius 1 is 1.00 bits per heavy atom. The van der Waals surface area contributed by atoms with Crippen molar-refractivity contribution < 1.29 is 9.84 Å². The van der Waals surface area contributed by atoms with E-state index in [0.717, 1.165) is 16.9 Å². The molecule has 88 valence electrons. The maximum Gasteiger partial charge on any atom is 0.122 e. The van der Waals surface area contributed by atoms with Crippen LogP contribution in [-0.2, 0) is 0 Å². The summed E-state index contributed by atoms with van der Waals surface area (Å²) in [5.74, 6) is 0.780. The number of aliphatic hydroxyl groups excluding tert-OH is 1. The molecule has 0 heterocycles. The highest BCUT2D eigenvalue weighted by molar-refractivity contribution is 5.42. The lowest BCUT2D eigenvalue weighted by Gasteiger charge is -2.18. The standard InChI is InChI=1S/C15H16O2/c1-17-15-10-6-5-9-13(15)14(11-16)12-7-3-2-4-8-12/h2-10,14,16H,11H2,1H3. The zero-order valence-electron chi connectivity index (χ0n) is 9.84. The second kappa shape index (κ2) is 5.51. The predicted molar refractivity (Wildman–Crippen MR) is 68.4 cm³/mol. The van der Waals surface area contributed by atoms with Crippen LogP contribution in [0.1, 0.15) is 17.0 Å². The Kier molecular flexibility index (Phi) is 3.78. The Morgan fingerprint density at radius 3 is 2.29 bits per heavy atom. The van der Waals surface area contributed by atoms with Gasteiger partial charge in [-0.15, -0.1) is 0 Å². The van der Waals surface area contributed by atoms with Gasteiger partial charge in [0.25, 0.3) is 0 Å². The molecule has 0 aliphatic carbocycles. The third-order valence-electron chi connectivity index (χ3n) is 2.90. The first-order chi connectivity index (χ1) is 8.36. The molecular weight excluding hydrogens is 212 g/mol. The molecule has 17 heavy (non-hydrogen) atoms. The van der Waals surface area contributed by atoms with Crippen molar-refractivity contribution in [3.05, 3.63) is 65.7 Å². The number of methoxy groups -OCH3 is 1. The van der Waals surface area contributed by atoms with Crippen LogP contribution in [0.4, 0.5) is 0 Å². The van der Waals surface area contributed by atoms with Crippen molar-refractivity contribution in [2.45, 2.75) is 5.92 Å². The van der Waals surface area contributed by atoms with E-state index in [1.54, 1.807) is 7.11 Å². The van der Waals surface area contributed by atoms with Gasteiger partial charge in [0.15, 0.2) is 0 Å². The van der Waals surface area contributed by atoms with Crippen molar-refractivity contribution in [1.29, 1.82) is 0 Å². The average molecular weight is 228 g/mol. The summed E-state index contributed by atoms with van der Waals surface area (Å²) in [4.78, 5) is 0. The lowest BCUT2D eigenvalue weighted by molar-refractivity contribution is 0.277. The molecule has 0 aliphatic heterocycles. The molecule has 1 atom stereocenters. The molecule has 0 spiro atoms. The zero-order valence-corrected chi connectivity index (χ0v) is 9.84. The summed E-state index contributed by atoms with van der Waals surface area (Å²) in [6, 6.07) is 17.8. The van der Waals surface area contributed by atoms with E-state index in [4.69, 9.17) is 4.74 Å². The van der Waals surface area contributed by atoms with E-state index in [1.165, 1.54) is 0 Å². The maximum atomic E-state index is 9.60. The van der Waals surface area contributed by atoms with Gasteiger partial charge in [-0.3, -0.25) is 0 Å². The molecule has 0 saturated heterocycles. The monoisotopic (exact) mass is 228 g/mol. The van der Waals surface area contributed by atoms with Crippen LogP contribution >= 0.6 is 0 Å². The van der Waals surface area contributed by atoms with E-state index in [-0.39, 0.29) is 12.5 Å². The zero-order chi connectivity index (χ0) is 12.1. The van der Waals surface area contributed by atoms with Gasteiger partial charge in [0, 0.05) is 11.5 Å². The molecular formula is C15H16O2. The number of rotatable bonds is 4. The van der Waals surface area contributed by atoms with Gasteiger partial charge in [0.05, 0.1) is 13.7 Å². The van der Waals surface area contributed by atoms with Gasteiger partial charge in [0.2, 0.25) is 0 Å². The molecule has 2 aromatic carbocycles. The van der Waals surface area contributed by atoms with Gasteiger partial charge in [-0.05, 0) is 11.6 Å². The van der Waals surface area contributed by atoms with E-state index in [2.05, 4.69) is 0 Å². The van der Waals surface area contributed by atoms with E-state index >= 15 is 0 Å².